The van der Waals surface area contributed by atoms with Crippen LogP contribution >= 0.6 is 22.6 Å². The summed E-state index contributed by atoms with van der Waals surface area (Å²) in [6.07, 6.45) is 4.77. The molecule has 0 spiro atoms. The number of ether oxygens (including phenoxy) is 1. The number of halogens is 1. The number of rotatable bonds is 9. The molecule has 2 heteroatoms. The highest BCUT2D eigenvalue weighted by molar-refractivity contribution is 14.1. The van der Waals surface area contributed by atoms with Gasteiger partial charge in [-0.25, -0.2) is 0 Å². The van der Waals surface area contributed by atoms with Gasteiger partial charge in [0.1, 0.15) is 0 Å². The molecule has 0 aliphatic carbocycles. The van der Waals surface area contributed by atoms with E-state index in [0.717, 1.165) is 15.6 Å². The Morgan fingerprint density at radius 3 is 2.47 bits per heavy atom. The molecule has 0 aliphatic heterocycles. The molecule has 19 heavy (non-hydrogen) atoms. The van der Waals surface area contributed by atoms with Crippen LogP contribution in [0.2, 0.25) is 0 Å². The van der Waals surface area contributed by atoms with Crippen LogP contribution < -0.4 is 0 Å². The zero-order valence-corrected chi connectivity index (χ0v) is 13.9. The summed E-state index contributed by atoms with van der Waals surface area (Å²) in [5, 5.41) is 0. The molecule has 0 saturated carbocycles. The summed E-state index contributed by atoms with van der Waals surface area (Å²) in [5.74, 6) is 0. The fourth-order valence-electron chi connectivity index (χ4n) is 1.88. The molecular formula is C17H23IO. The van der Waals surface area contributed by atoms with Gasteiger partial charge in [-0.2, -0.15) is 0 Å². The first kappa shape index (κ1) is 16.4. The monoisotopic (exact) mass is 370 g/mol. The van der Waals surface area contributed by atoms with Crippen molar-refractivity contribution in [3.8, 4) is 0 Å². The van der Waals surface area contributed by atoms with Crippen LogP contribution in [-0.2, 0) is 11.3 Å². The van der Waals surface area contributed by atoms with E-state index >= 15 is 0 Å². The van der Waals surface area contributed by atoms with Crippen LogP contribution in [0.4, 0.5) is 0 Å². The average molecular weight is 370 g/mol. The Kier molecular flexibility index (Phi) is 8.07. The minimum atomic E-state index is 0.0937. The van der Waals surface area contributed by atoms with E-state index in [9.17, 15) is 0 Å². The van der Waals surface area contributed by atoms with Gasteiger partial charge in [-0.3, -0.25) is 0 Å². The van der Waals surface area contributed by atoms with E-state index in [1.807, 2.05) is 18.2 Å². The summed E-state index contributed by atoms with van der Waals surface area (Å²) in [7, 11) is 0. The third-order valence-corrected chi connectivity index (χ3v) is 3.79. The predicted octanol–water partition coefficient (Wildman–Crippen LogP) is 5.66. The van der Waals surface area contributed by atoms with Crippen LogP contribution in [0, 0.1) is 0 Å². The van der Waals surface area contributed by atoms with Gasteiger partial charge >= 0.3 is 0 Å². The summed E-state index contributed by atoms with van der Waals surface area (Å²) in [4.78, 5) is 0. The fourth-order valence-corrected chi connectivity index (χ4v) is 2.23. The third-order valence-electron chi connectivity index (χ3n) is 3.10. The molecule has 0 saturated heterocycles. The van der Waals surface area contributed by atoms with Crippen LogP contribution in [0.5, 0.6) is 0 Å². The van der Waals surface area contributed by atoms with E-state index in [-0.39, 0.29) is 6.10 Å². The lowest BCUT2D eigenvalue weighted by Crippen LogP contribution is -2.15. The normalized spacial score (nSPS) is 12.1. The summed E-state index contributed by atoms with van der Waals surface area (Å²) in [5.41, 5.74) is 2.22. The summed E-state index contributed by atoms with van der Waals surface area (Å²) >= 11 is 2.23. The second-order valence-corrected chi connectivity index (χ2v) is 6.01. The van der Waals surface area contributed by atoms with Gasteiger partial charge in [0.05, 0.1) is 12.7 Å². The van der Waals surface area contributed by atoms with Gasteiger partial charge in [0.15, 0.2) is 0 Å². The third kappa shape index (κ3) is 6.39. The summed E-state index contributed by atoms with van der Waals surface area (Å²) < 4.78 is 7.03. The van der Waals surface area contributed by atoms with Gasteiger partial charge in [0.25, 0.3) is 0 Å². The summed E-state index contributed by atoms with van der Waals surface area (Å²) in [6.45, 7) is 10.9. The highest BCUT2D eigenvalue weighted by Crippen LogP contribution is 2.24. The van der Waals surface area contributed by atoms with Crippen molar-refractivity contribution in [2.24, 2.45) is 0 Å². The predicted molar refractivity (Wildman–Crippen MR) is 91.5 cm³/mol. The van der Waals surface area contributed by atoms with Gasteiger partial charge in [0.2, 0.25) is 0 Å². The number of hydrogen-bond donors (Lipinski definition) is 0. The van der Waals surface area contributed by atoms with Crippen molar-refractivity contribution in [1.82, 2.24) is 0 Å². The molecule has 1 aromatic rings. The van der Waals surface area contributed by atoms with Crippen LogP contribution in [0.15, 0.2) is 52.6 Å². The van der Waals surface area contributed by atoms with Crippen molar-refractivity contribution < 1.29 is 4.74 Å². The SMILES string of the molecule is C=C(I)C(=C)C(CCCCC)OCc1ccccc1. The Bertz CT molecular complexity index is 397. The molecule has 1 unspecified atom stereocenters. The largest absolute Gasteiger partial charge is 0.369 e. The molecule has 0 aliphatic rings. The van der Waals surface area contributed by atoms with E-state index in [2.05, 4.69) is 54.8 Å². The van der Waals surface area contributed by atoms with E-state index < -0.39 is 0 Å². The lowest BCUT2D eigenvalue weighted by Gasteiger charge is -2.20. The maximum Gasteiger partial charge on any atom is 0.0833 e. The highest BCUT2D eigenvalue weighted by atomic mass is 127. The van der Waals surface area contributed by atoms with Gasteiger partial charge in [-0.1, -0.05) is 69.7 Å². The first-order chi connectivity index (χ1) is 9.15. The molecule has 0 N–H and O–H groups in total. The smallest absolute Gasteiger partial charge is 0.0833 e. The molecular weight excluding hydrogens is 347 g/mol. The standard InChI is InChI=1S/C17H23IO/c1-4-5-7-12-17(14(2)15(3)18)19-13-16-10-8-6-9-11-16/h6,8-11,17H,2-5,7,12-13H2,1H3. The number of hydrogen-bond acceptors (Lipinski definition) is 1. The maximum absolute atomic E-state index is 6.03. The molecule has 0 heterocycles. The van der Waals surface area contributed by atoms with E-state index in [0.29, 0.717) is 6.61 Å². The zero-order valence-electron chi connectivity index (χ0n) is 11.7. The van der Waals surface area contributed by atoms with Crippen LogP contribution in [0.25, 0.3) is 0 Å². The van der Waals surface area contributed by atoms with Gasteiger partial charge in [-0.05, 0) is 40.1 Å². The van der Waals surface area contributed by atoms with Crippen molar-refractivity contribution >= 4 is 22.6 Å². The van der Waals surface area contributed by atoms with Crippen molar-refractivity contribution in [3.63, 3.8) is 0 Å². The molecule has 0 fully saturated rings. The Morgan fingerprint density at radius 2 is 1.89 bits per heavy atom. The van der Waals surface area contributed by atoms with Crippen molar-refractivity contribution in [3.05, 3.63) is 58.2 Å². The second kappa shape index (κ2) is 9.32. The van der Waals surface area contributed by atoms with Crippen molar-refractivity contribution in [2.75, 3.05) is 0 Å². The molecule has 104 valence electrons. The molecule has 0 bridgehead atoms. The quantitative estimate of drug-likeness (QED) is 0.310. The first-order valence-corrected chi connectivity index (χ1v) is 7.92. The molecule has 1 aromatic carbocycles. The Hall–Kier alpha value is -0.610. The van der Waals surface area contributed by atoms with E-state index in [1.54, 1.807) is 0 Å². The van der Waals surface area contributed by atoms with E-state index in [4.69, 9.17) is 4.74 Å². The summed E-state index contributed by atoms with van der Waals surface area (Å²) in [6, 6.07) is 10.3. The molecule has 0 amide bonds. The molecule has 0 radical (unpaired) electrons. The maximum atomic E-state index is 6.03. The minimum absolute atomic E-state index is 0.0937. The Balaban J connectivity index is 2.53. The topological polar surface area (TPSA) is 9.23 Å². The van der Waals surface area contributed by atoms with Gasteiger partial charge in [-0.15, -0.1) is 0 Å². The van der Waals surface area contributed by atoms with Crippen molar-refractivity contribution in [1.29, 1.82) is 0 Å². The van der Waals surface area contributed by atoms with E-state index in [1.165, 1.54) is 24.8 Å². The lowest BCUT2D eigenvalue weighted by atomic mass is 10.0. The van der Waals surface area contributed by atoms with Crippen LogP contribution in [-0.4, -0.2) is 6.10 Å². The van der Waals surface area contributed by atoms with Gasteiger partial charge in [0, 0.05) is 3.58 Å². The molecule has 1 atom stereocenters. The zero-order chi connectivity index (χ0) is 14.1. The second-order valence-electron chi connectivity index (χ2n) is 4.71. The molecule has 1 nitrogen and oxygen atoms in total. The average Bonchev–Trinajstić information content (AvgIpc) is 2.43. The number of benzene rings is 1. The number of unbranched alkanes of at least 4 members (excludes halogenated alkanes) is 2. The van der Waals surface area contributed by atoms with Gasteiger partial charge < -0.3 is 4.74 Å². The Labute approximate surface area is 130 Å². The Morgan fingerprint density at radius 1 is 1.21 bits per heavy atom. The molecule has 0 aromatic heterocycles. The first-order valence-electron chi connectivity index (χ1n) is 6.84. The highest BCUT2D eigenvalue weighted by Gasteiger charge is 2.14. The van der Waals surface area contributed by atoms with Crippen molar-refractivity contribution in [2.45, 2.75) is 45.3 Å². The minimum Gasteiger partial charge on any atom is -0.369 e. The molecule has 1 rings (SSSR count). The fraction of sp³-hybridized carbons (Fsp3) is 0.412. The van der Waals surface area contributed by atoms with Crippen LogP contribution in [0.3, 0.4) is 0 Å². The van der Waals surface area contributed by atoms with Crippen LogP contribution in [0.1, 0.15) is 38.2 Å². The lowest BCUT2D eigenvalue weighted by molar-refractivity contribution is 0.0595.